The van der Waals surface area contributed by atoms with Crippen molar-refractivity contribution in [1.82, 2.24) is 0 Å². The molecule has 1 fully saturated rings. The summed E-state index contributed by atoms with van der Waals surface area (Å²) in [7, 11) is 0. The number of rotatable bonds is 2. The predicted octanol–water partition coefficient (Wildman–Crippen LogP) is 5.67. The van der Waals surface area contributed by atoms with Crippen molar-refractivity contribution in [3.05, 3.63) is 28.8 Å². The van der Waals surface area contributed by atoms with E-state index < -0.39 is 0 Å². The molecule has 1 N–H and O–H groups in total. The summed E-state index contributed by atoms with van der Waals surface area (Å²) in [5.74, 6) is 0.859. The van der Waals surface area contributed by atoms with Crippen molar-refractivity contribution >= 4 is 17.3 Å². The van der Waals surface area contributed by atoms with E-state index in [9.17, 15) is 0 Å². The molecule has 1 saturated carbocycles. The molecule has 2 rings (SSSR count). The first-order valence-corrected chi connectivity index (χ1v) is 7.77. The number of halogens is 1. The Morgan fingerprint density at radius 1 is 1.11 bits per heavy atom. The van der Waals surface area contributed by atoms with Crippen LogP contribution in [0.2, 0.25) is 5.02 Å². The molecule has 0 heterocycles. The van der Waals surface area contributed by atoms with Crippen LogP contribution in [-0.4, -0.2) is 6.04 Å². The van der Waals surface area contributed by atoms with E-state index in [1.54, 1.807) is 0 Å². The fourth-order valence-corrected chi connectivity index (χ4v) is 3.40. The molecule has 0 atom stereocenters. The number of para-hydroxylation sites is 1. The summed E-state index contributed by atoms with van der Waals surface area (Å²) >= 11 is 6.29. The fraction of sp³-hybridized carbons (Fsp3) is 0.647. The molecule has 1 aliphatic rings. The molecule has 0 amide bonds. The second-order valence-electron chi connectivity index (χ2n) is 6.99. The minimum Gasteiger partial charge on any atom is -0.381 e. The van der Waals surface area contributed by atoms with Gasteiger partial charge in [-0.25, -0.2) is 0 Å². The summed E-state index contributed by atoms with van der Waals surface area (Å²) < 4.78 is 0. The molecule has 2 heteroatoms. The van der Waals surface area contributed by atoms with Gasteiger partial charge < -0.3 is 5.32 Å². The number of hydrogen-bond acceptors (Lipinski definition) is 1. The lowest BCUT2D eigenvalue weighted by Crippen LogP contribution is -2.31. The van der Waals surface area contributed by atoms with Crippen LogP contribution < -0.4 is 5.32 Å². The largest absolute Gasteiger partial charge is 0.381 e. The van der Waals surface area contributed by atoms with Gasteiger partial charge in [-0.3, -0.25) is 0 Å². The minimum atomic E-state index is 0.450. The third-order valence-electron chi connectivity index (χ3n) is 4.52. The second kappa shape index (κ2) is 5.75. The Kier molecular flexibility index (Phi) is 4.45. The van der Waals surface area contributed by atoms with E-state index in [-0.39, 0.29) is 0 Å². The molecule has 19 heavy (non-hydrogen) atoms. The Hall–Kier alpha value is -0.690. The van der Waals surface area contributed by atoms with E-state index in [1.165, 1.54) is 31.2 Å². The third-order valence-corrected chi connectivity index (χ3v) is 4.84. The van der Waals surface area contributed by atoms with Crippen LogP contribution in [0.3, 0.4) is 0 Å². The van der Waals surface area contributed by atoms with Crippen molar-refractivity contribution in [2.75, 3.05) is 5.32 Å². The van der Waals surface area contributed by atoms with Gasteiger partial charge in [0.25, 0.3) is 0 Å². The molecular formula is C17H26ClN. The maximum Gasteiger partial charge on any atom is 0.0640 e. The second-order valence-corrected chi connectivity index (χ2v) is 7.40. The molecule has 0 aromatic heterocycles. The Morgan fingerprint density at radius 3 is 2.26 bits per heavy atom. The van der Waals surface area contributed by atoms with Crippen molar-refractivity contribution in [3.63, 3.8) is 0 Å². The summed E-state index contributed by atoms with van der Waals surface area (Å²) in [4.78, 5) is 0. The van der Waals surface area contributed by atoms with Crippen molar-refractivity contribution < 1.29 is 0 Å². The monoisotopic (exact) mass is 279 g/mol. The van der Waals surface area contributed by atoms with E-state index in [1.807, 2.05) is 12.1 Å². The van der Waals surface area contributed by atoms with E-state index in [0.29, 0.717) is 11.5 Å². The highest BCUT2D eigenvalue weighted by Gasteiger charge is 2.29. The zero-order chi connectivity index (χ0) is 14.0. The fourth-order valence-electron chi connectivity index (χ4n) is 3.12. The molecule has 1 nitrogen and oxygen atoms in total. The van der Waals surface area contributed by atoms with Gasteiger partial charge in [-0.05, 0) is 55.6 Å². The number of anilines is 1. The molecule has 0 saturated heterocycles. The first-order chi connectivity index (χ1) is 8.88. The van der Waals surface area contributed by atoms with Gasteiger partial charge >= 0.3 is 0 Å². The molecule has 0 radical (unpaired) electrons. The Balaban J connectivity index is 1.96. The van der Waals surface area contributed by atoms with Crippen LogP contribution in [0, 0.1) is 18.3 Å². The first kappa shape index (κ1) is 14.7. The number of benzene rings is 1. The lowest BCUT2D eigenvalue weighted by Gasteiger charge is -2.37. The van der Waals surface area contributed by atoms with Crippen LogP contribution in [0.1, 0.15) is 52.0 Å². The molecule has 0 unspecified atom stereocenters. The molecule has 1 aromatic rings. The zero-order valence-corrected chi connectivity index (χ0v) is 13.3. The highest BCUT2D eigenvalue weighted by Crippen LogP contribution is 2.39. The van der Waals surface area contributed by atoms with Gasteiger partial charge in [-0.1, -0.05) is 44.5 Å². The van der Waals surface area contributed by atoms with Crippen molar-refractivity contribution in [3.8, 4) is 0 Å². The van der Waals surface area contributed by atoms with E-state index in [0.717, 1.165) is 16.6 Å². The molecule has 0 bridgehead atoms. The topological polar surface area (TPSA) is 12.0 Å². The smallest absolute Gasteiger partial charge is 0.0640 e. The quantitative estimate of drug-likeness (QED) is 0.736. The van der Waals surface area contributed by atoms with Crippen LogP contribution in [-0.2, 0) is 0 Å². The van der Waals surface area contributed by atoms with Crippen molar-refractivity contribution in [1.29, 1.82) is 0 Å². The van der Waals surface area contributed by atoms with Gasteiger partial charge in [0.15, 0.2) is 0 Å². The highest BCUT2D eigenvalue weighted by atomic mass is 35.5. The summed E-state index contributed by atoms with van der Waals surface area (Å²) in [5.41, 5.74) is 2.82. The molecule has 1 aromatic carbocycles. The molecule has 106 valence electrons. The average molecular weight is 280 g/mol. The van der Waals surface area contributed by atoms with Gasteiger partial charge in [0.2, 0.25) is 0 Å². The van der Waals surface area contributed by atoms with Crippen LogP contribution in [0.5, 0.6) is 0 Å². The summed E-state index contributed by atoms with van der Waals surface area (Å²) in [6.07, 6.45) is 5.16. The Morgan fingerprint density at radius 2 is 1.74 bits per heavy atom. The number of nitrogens with one attached hydrogen (secondary N) is 1. The normalized spacial score (nSPS) is 24.3. The maximum atomic E-state index is 6.29. The minimum absolute atomic E-state index is 0.450. The van der Waals surface area contributed by atoms with Crippen LogP contribution in [0.4, 0.5) is 5.69 Å². The van der Waals surface area contributed by atoms with Crippen molar-refractivity contribution in [2.45, 2.75) is 59.4 Å². The van der Waals surface area contributed by atoms with E-state index in [4.69, 9.17) is 11.6 Å². The SMILES string of the molecule is Cc1cccc(Cl)c1NC1CCC(C(C)(C)C)CC1. The highest BCUT2D eigenvalue weighted by molar-refractivity contribution is 6.33. The Bertz CT molecular complexity index is 405. The zero-order valence-electron chi connectivity index (χ0n) is 12.6. The van der Waals surface area contributed by atoms with Crippen molar-refractivity contribution in [2.24, 2.45) is 11.3 Å². The standard InChI is InChI=1S/C17H26ClN/c1-12-6-5-7-15(18)16(12)19-14-10-8-13(9-11-14)17(2,3)4/h5-7,13-14,19H,8-11H2,1-4H3. The van der Waals surface area contributed by atoms with Crippen LogP contribution >= 0.6 is 11.6 Å². The summed E-state index contributed by atoms with van der Waals surface area (Å²) in [6, 6.07) is 6.68. The molecule has 0 aliphatic heterocycles. The van der Waals surface area contributed by atoms with Gasteiger partial charge in [-0.2, -0.15) is 0 Å². The van der Waals surface area contributed by atoms with E-state index >= 15 is 0 Å². The van der Waals surface area contributed by atoms with Gasteiger partial charge in [-0.15, -0.1) is 0 Å². The van der Waals surface area contributed by atoms with Gasteiger partial charge in [0, 0.05) is 6.04 Å². The van der Waals surface area contributed by atoms with Gasteiger partial charge in [0.1, 0.15) is 0 Å². The van der Waals surface area contributed by atoms with Crippen LogP contribution in [0.15, 0.2) is 18.2 Å². The lowest BCUT2D eigenvalue weighted by molar-refractivity contribution is 0.173. The molecule has 0 spiro atoms. The van der Waals surface area contributed by atoms with E-state index in [2.05, 4.69) is 39.1 Å². The number of aryl methyl sites for hydroxylation is 1. The van der Waals surface area contributed by atoms with Gasteiger partial charge in [0.05, 0.1) is 10.7 Å². The Labute approximate surface area is 122 Å². The molecule has 1 aliphatic carbocycles. The first-order valence-electron chi connectivity index (χ1n) is 7.39. The predicted molar refractivity (Wildman–Crippen MR) is 85.0 cm³/mol. The maximum absolute atomic E-state index is 6.29. The average Bonchev–Trinajstić information content (AvgIpc) is 2.33. The molecular weight excluding hydrogens is 254 g/mol. The summed E-state index contributed by atoms with van der Waals surface area (Å²) in [5, 5.41) is 4.50. The van der Waals surface area contributed by atoms with Crippen LogP contribution in [0.25, 0.3) is 0 Å². The summed E-state index contributed by atoms with van der Waals surface area (Å²) in [6.45, 7) is 9.21. The lowest BCUT2D eigenvalue weighted by atomic mass is 9.71. The number of hydrogen-bond donors (Lipinski definition) is 1. The third kappa shape index (κ3) is 3.66.